The summed E-state index contributed by atoms with van der Waals surface area (Å²) < 4.78 is 27.0. The molecule has 3 nitrogen and oxygen atoms in total. The first-order valence-corrected chi connectivity index (χ1v) is 8.48. The third kappa shape index (κ3) is 5.72. The molecule has 1 unspecified atom stereocenters. The van der Waals surface area contributed by atoms with Crippen molar-refractivity contribution in [3.63, 3.8) is 0 Å². The zero-order chi connectivity index (χ0) is 15.0. The Hall–Kier alpha value is -1.39. The highest BCUT2D eigenvalue weighted by Crippen LogP contribution is 2.29. The van der Waals surface area contributed by atoms with Gasteiger partial charge in [0.2, 0.25) is 0 Å². The van der Waals surface area contributed by atoms with Gasteiger partial charge in [-0.05, 0) is 31.4 Å². The van der Waals surface area contributed by atoms with Gasteiger partial charge in [0.15, 0.2) is 0 Å². The number of hydrogen-bond acceptors (Lipinski definition) is 3. The minimum Gasteiger partial charge on any atom is -0.270 e. The van der Waals surface area contributed by atoms with Crippen LogP contribution in [0.3, 0.4) is 0 Å². The van der Waals surface area contributed by atoms with Crippen molar-refractivity contribution in [1.29, 1.82) is 0 Å². The molecule has 0 fully saturated rings. The molecule has 1 aromatic rings. The van der Waals surface area contributed by atoms with Gasteiger partial charge in [-0.25, -0.2) is 0 Å². The fraction of sp³-hybridized carbons (Fsp3) is 0.375. The van der Waals surface area contributed by atoms with Gasteiger partial charge in [-0.1, -0.05) is 48.6 Å². The van der Waals surface area contributed by atoms with E-state index >= 15 is 0 Å². The summed E-state index contributed by atoms with van der Waals surface area (Å²) in [5, 5.41) is 0. The summed E-state index contributed by atoms with van der Waals surface area (Å²) in [6.07, 6.45) is 7.80. The van der Waals surface area contributed by atoms with Crippen LogP contribution in [0.15, 0.2) is 54.1 Å². The Balaban J connectivity index is 2.91. The second-order valence-corrected chi connectivity index (χ2v) is 6.21. The zero-order valence-electron chi connectivity index (χ0n) is 12.2. The summed E-state index contributed by atoms with van der Waals surface area (Å²) >= 11 is 0. The van der Waals surface area contributed by atoms with Crippen LogP contribution in [0.4, 0.5) is 0 Å². The van der Waals surface area contributed by atoms with Crippen molar-refractivity contribution in [3.8, 4) is 0 Å². The topological polar surface area (TPSA) is 43.4 Å². The molecule has 0 radical (unpaired) electrons. The van der Waals surface area contributed by atoms with Crippen molar-refractivity contribution in [2.45, 2.75) is 26.2 Å². The maximum Gasteiger partial charge on any atom is 0.264 e. The van der Waals surface area contributed by atoms with Crippen LogP contribution in [-0.2, 0) is 14.3 Å². The molecule has 0 N–H and O–H groups in total. The Kier molecular flexibility index (Phi) is 6.68. The summed E-state index contributed by atoms with van der Waals surface area (Å²) in [6.45, 7) is 4.15. The predicted octanol–water partition coefficient (Wildman–Crippen LogP) is 3.66. The number of rotatable bonds is 7. The fourth-order valence-electron chi connectivity index (χ4n) is 2.13. The van der Waals surface area contributed by atoms with Gasteiger partial charge in [-0.15, -0.1) is 0 Å². The summed E-state index contributed by atoms with van der Waals surface area (Å²) in [6, 6.07) is 10.1. The Morgan fingerprint density at radius 1 is 1.25 bits per heavy atom. The van der Waals surface area contributed by atoms with E-state index in [0.717, 1.165) is 17.4 Å². The quantitative estimate of drug-likeness (QED) is 0.569. The molecule has 4 heteroatoms. The SMILES string of the molecule is C/C=C\C(=C/C)C(CCOS(C)(=O)=O)c1ccccc1. The van der Waals surface area contributed by atoms with Crippen molar-refractivity contribution in [1.82, 2.24) is 0 Å². The van der Waals surface area contributed by atoms with Crippen LogP contribution in [-0.4, -0.2) is 21.3 Å². The Labute approximate surface area is 122 Å². The molecule has 1 rings (SSSR count). The van der Waals surface area contributed by atoms with E-state index in [0.29, 0.717) is 6.42 Å². The molecule has 0 aliphatic carbocycles. The molecule has 1 aromatic carbocycles. The van der Waals surface area contributed by atoms with E-state index in [1.807, 2.05) is 38.1 Å². The first-order valence-electron chi connectivity index (χ1n) is 6.66. The van der Waals surface area contributed by atoms with E-state index in [2.05, 4.69) is 24.3 Å². The Morgan fingerprint density at radius 3 is 2.40 bits per heavy atom. The molecule has 0 amide bonds. The molecular weight excluding hydrogens is 272 g/mol. The molecule has 1 atom stereocenters. The van der Waals surface area contributed by atoms with Crippen molar-refractivity contribution >= 4 is 10.1 Å². The fourth-order valence-corrected chi connectivity index (χ4v) is 2.53. The largest absolute Gasteiger partial charge is 0.270 e. The number of allylic oxidation sites excluding steroid dienone is 4. The minimum absolute atomic E-state index is 0.138. The van der Waals surface area contributed by atoms with Crippen LogP contribution < -0.4 is 0 Å². The minimum atomic E-state index is -3.38. The second kappa shape index (κ2) is 8.02. The van der Waals surface area contributed by atoms with E-state index in [9.17, 15) is 8.42 Å². The normalized spacial score (nSPS) is 14.7. The van der Waals surface area contributed by atoms with Crippen LogP contribution in [0.2, 0.25) is 0 Å². The Bertz CT molecular complexity index is 557. The molecule has 110 valence electrons. The molecule has 0 bridgehead atoms. The second-order valence-electron chi connectivity index (χ2n) is 4.57. The van der Waals surface area contributed by atoms with Gasteiger partial charge in [0.25, 0.3) is 10.1 Å². The monoisotopic (exact) mass is 294 g/mol. The van der Waals surface area contributed by atoms with Gasteiger partial charge in [0, 0.05) is 5.92 Å². The smallest absolute Gasteiger partial charge is 0.264 e. The predicted molar refractivity (Wildman–Crippen MR) is 83.2 cm³/mol. The molecular formula is C16H22O3S. The van der Waals surface area contributed by atoms with E-state index in [4.69, 9.17) is 4.18 Å². The maximum absolute atomic E-state index is 11.1. The molecule has 0 saturated heterocycles. The summed E-state index contributed by atoms with van der Waals surface area (Å²) in [4.78, 5) is 0. The Morgan fingerprint density at radius 2 is 1.90 bits per heavy atom. The first-order chi connectivity index (χ1) is 9.48. The van der Waals surface area contributed by atoms with Gasteiger partial charge in [0.05, 0.1) is 12.9 Å². The highest BCUT2D eigenvalue weighted by atomic mass is 32.2. The van der Waals surface area contributed by atoms with Gasteiger partial charge < -0.3 is 0 Å². The molecule has 0 aliphatic heterocycles. The van der Waals surface area contributed by atoms with E-state index in [-0.39, 0.29) is 12.5 Å². The van der Waals surface area contributed by atoms with Crippen LogP contribution in [0.5, 0.6) is 0 Å². The van der Waals surface area contributed by atoms with Crippen molar-refractivity contribution in [3.05, 3.63) is 59.7 Å². The zero-order valence-corrected chi connectivity index (χ0v) is 13.1. The molecule has 0 spiro atoms. The van der Waals surface area contributed by atoms with Crippen molar-refractivity contribution in [2.75, 3.05) is 12.9 Å². The molecule has 20 heavy (non-hydrogen) atoms. The summed E-state index contributed by atoms with van der Waals surface area (Å²) in [5.74, 6) is 0.138. The summed E-state index contributed by atoms with van der Waals surface area (Å²) in [5.41, 5.74) is 2.33. The lowest BCUT2D eigenvalue weighted by molar-refractivity contribution is 0.309. The van der Waals surface area contributed by atoms with E-state index in [1.165, 1.54) is 0 Å². The van der Waals surface area contributed by atoms with Gasteiger partial charge >= 0.3 is 0 Å². The average Bonchev–Trinajstić information content (AvgIpc) is 2.41. The van der Waals surface area contributed by atoms with E-state index < -0.39 is 10.1 Å². The first kappa shape index (κ1) is 16.7. The van der Waals surface area contributed by atoms with Gasteiger partial charge in [0.1, 0.15) is 0 Å². The van der Waals surface area contributed by atoms with Crippen LogP contribution in [0.25, 0.3) is 0 Å². The maximum atomic E-state index is 11.1. The van der Waals surface area contributed by atoms with Gasteiger partial charge in [-0.2, -0.15) is 8.42 Å². The summed E-state index contributed by atoms with van der Waals surface area (Å²) in [7, 11) is -3.38. The third-order valence-electron chi connectivity index (χ3n) is 3.00. The highest BCUT2D eigenvalue weighted by Gasteiger charge is 2.15. The third-order valence-corrected chi connectivity index (χ3v) is 3.60. The highest BCUT2D eigenvalue weighted by molar-refractivity contribution is 7.85. The molecule has 0 aliphatic rings. The van der Waals surface area contributed by atoms with E-state index in [1.54, 1.807) is 0 Å². The van der Waals surface area contributed by atoms with Crippen LogP contribution in [0.1, 0.15) is 31.7 Å². The lowest BCUT2D eigenvalue weighted by Crippen LogP contribution is -2.09. The van der Waals surface area contributed by atoms with Crippen molar-refractivity contribution < 1.29 is 12.6 Å². The van der Waals surface area contributed by atoms with Crippen LogP contribution in [0, 0.1) is 0 Å². The molecule has 0 aromatic heterocycles. The van der Waals surface area contributed by atoms with Crippen LogP contribution >= 0.6 is 0 Å². The number of hydrogen-bond donors (Lipinski definition) is 0. The lowest BCUT2D eigenvalue weighted by atomic mass is 9.88. The van der Waals surface area contributed by atoms with Gasteiger partial charge in [-0.3, -0.25) is 4.18 Å². The molecule has 0 saturated carbocycles. The molecule has 0 heterocycles. The standard InChI is InChI=1S/C16H22O3S/c1-4-9-14(5-2)16(12-13-19-20(3,17)18)15-10-7-6-8-11-15/h4-11,16H,12-13H2,1-3H3/b9-4-,14-5+. The lowest BCUT2D eigenvalue weighted by Gasteiger charge is -2.18. The average molecular weight is 294 g/mol. The number of benzene rings is 1. The van der Waals surface area contributed by atoms with Crippen molar-refractivity contribution in [2.24, 2.45) is 0 Å².